The van der Waals surface area contributed by atoms with Crippen molar-refractivity contribution in [2.75, 3.05) is 19.9 Å². The summed E-state index contributed by atoms with van der Waals surface area (Å²) in [7, 11) is -1.53. The number of carbonyl (C=O) groups excluding carboxylic acids is 1. The van der Waals surface area contributed by atoms with E-state index in [0.29, 0.717) is 12.5 Å². The molecule has 21 heavy (non-hydrogen) atoms. The van der Waals surface area contributed by atoms with Gasteiger partial charge in [-0.1, -0.05) is 12.8 Å². The number of sulfone groups is 1. The number of piperidine rings is 1. The summed E-state index contributed by atoms with van der Waals surface area (Å²) in [5.74, 6) is -0.164. The molecule has 0 aromatic rings. The maximum Gasteiger partial charge on any atom is 0.307 e. The third kappa shape index (κ3) is 4.42. The molecular weight excluding hydrogens is 290 g/mol. The summed E-state index contributed by atoms with van der Waals surface area (Å²) < 4.78 is 28.5. The van der Waals surface area contributed by atoms with Crippen molar-refractivity contribution in [1.29, 1.82) is 0 Å². The highest BCUT2D eigenvalue weighted by atomic mass is 32.2. The molecule has 0 aromatic carbocycles. The second kappa shape index (κ2) is 7.09. The predicted octanol–water partition coefficient (Wildman–Crippen LogP) is 1.76. The van der Waals surface area contributed by atoms with E-state index in [4.69, 9.17) is 4.74 Å². The summed E-state index contributed by atoms with van der Waals surface area (Å²) >= 11 is 0. The summed E-state index contributed by atoms with van der Waals surface area (Å²) in [6, 6.07) is 0.517. The van der Waals surface area contributed by atoms with E-state index >= 15 is 0 Å². The largest absolute Gasteiger partial charge is 0.469 e. The molecule has 1 saturated heterocycles. The van der Waals surface area contributed by atoms with Gasteiger partial charge in [-0.25, -0.2) is 8.42 Å². The number of nitrogens with zero attached hydrogens (tertiary/aromatic N) is 1. The van der Waals surface area contributed by atoms with Gasteiger partial charge in [0.25, 0.3) is 0 Å². The highest BCUT2D eigenvalue weighted by Gasteiger charge is 2.36. The molecule has 5 nitrogen and oxygen atoms in total. The van der Waals surface area contributed by atoms with Gasteiger partial charge in [0.15, 0.2) is 0 Å². The Morgan fingerprint density at radius 2 is 1.95 bits per heavy atom. The van der Waals surface area contributed by atoms with Crippen LogP contribution in [0.5, 0.6) is 0 Å². The van der Waals surface area contributed by atoms with Crippen molar-refractivity contribution in [2.45, 2.75) is 68.7 Å². The standard InChI is InChI=1S/C15H27NO4S/c1-20-15(17)11-13-6-3-4-9-16(13)12-7-5-8-14(10-12)21(2,18)19/h12-14H,3-11H2,1-2H3. The molecular formula is C15H27NO4S. The molecule has 3 unspecified atom stereocenters. The first-order chi connectivity index (χ1) is 9.91. The number of rotatable bonds is 4. The zero-order valence-corrected chi connectivity index (χ0v) is 13.9. The van der Waals surface area contributed by atoms with Crippen molar-refractivity contribution in [3.05, 3.63) is 0 Å². The van der Waals surface area contributed by atoms with Gasteiger partial charge in [0, 0.05) is 18.3 Å². The Labute approximate surface area is 127 Å². The van der Waals surface area contributed by atoms with Gasteiger partial charge < -0.3 is 4.74 Å². The molecule has 1 aliphatic heterocycles. The Morgan fingerprint density at radius 1 is 1.19 bits per heavy atom. The number of esters is 1. The maximum absolute atomic E-state index is 11.8. The first kappa shape index (κ1) is 16.7. The number of carbonyl (C=O) groups is 1. The Morgan fingerprint density at radius 3 is 2.62 bits per heavy atom. The Hall–Kier alpha value is -0.620. The fourth-order valence-corrected chi connectivity index (χ4v) is 4.98. The number of ether oxygens (including phenoxy) is 1. The molecule has 0 amide bonds. The van der Waals surface area contributed by atoms with Crippen LogP contribution in [0.4, 0.5) is 0 Å². The molecule has 1 saturated carbocycles. The Bertz CT molecular complexity index is 462. The van der Waals surface area contributed by atoms with Crippen LogP contribution in [-0.2, 0) is 19.4 Å². The predicted molar refractivity (Wildman–Crippen MR) is 81.9 cm³/mol. The quantitative estimate of drug-likeness (QED) is 0.739. The minimum absolute atomic E-state index is 0.164. The normalized spacial score (nSPS) is 31.8. The average molecular weight is 317 g/mol. The van der Waals surface area contributed by atoms with Gasteiger partial charge >= 0.3 is 5.97 Å². The van der Waals surface area contributed by atoms with Crippen LogP contribution >= 0.6 is 0 Å². The fourth-order valence-electron chi connectivity index (χ4n) is 3.81. The van der Waals surface area contributed by atoms with Gasteiger partial charge in [-0.3, -0.25) is 9.69 Å². The van der Waals surface area contributed by atoms with Crippen molar-refractivity contribution >= 4 is 15.8 Å². The molecule has 0 aromatic heterocycles. The SMILES string of the molecule is COC(=O)CC1CCCCN1C1CCCC(S(C)(=O)=O)C1. The number of likely N-dealkylation sites (tertiary alicyclic amines) is 1. The fraction of sp³-hybridized carbons (Fsp3) is 0.933. The first-order valence-corrected chi connectivity index (χ1v) is 9.88. The summed E-state index contributed by atoms with van der Waals surface area (Å²) in [4.78, 5) is 14.0. The molecule has 0 spiro atoms. The minimum Gasteiger partial charge on any atom is -0.469 e. The van der Waals surface area contributed by atoms with E-state index in [9.17, 15) is 13.2 Å². The summed E-state index contributed by atoms with van der Waals surface area (Å²) in [6.45, 7) is 0.975. The smallest absolute Gasteiger partial charge is 0.307 e. The molecule has 1 aliphatic carbocycles. The van der Waals surface area contributed by atoms with E-state index in [-0.39, 0.29) is 17.3 Å². The van der Waals surface area contributed by atoms with Gasteiger partial charge in [0.1, 0.15) is 9.84 Å². The van der Waals surface area contributed by atoms with Crippen molar-refractivity contribution in [3.63, 3.8) is 0 Å². The van der Waals surface area contributed by atoms with Crippen LogP contribution in [0.1, 0.15) is 51.4 Å². The van der Waals surface area contributed by atoms with Crippen LogP contribution in [0, 0.1) is 0 Å². The average Bonchev–Trinajstić information content (AvgIpc) is 2.47. The summed E-state index contributed by atoms with van der Waals surface area (Å²) in [5, 5.41) is -0.211. The first-order valence-electron chi connectivity index (χ1n) is 7.93. The molecule has 0 N–H and O–H groups in total. The van der Waals surface area contributed by atoms with E-state index in [1.807, 2.05) is 0 Å². The zero-order valence-electron chi connectivity index (χ0n) is 13.1. The van der Waals surface area contributed by atoms with Crippen LogP contribution in [0.3, 0.4) is 0 Å². The monoisotopic (exact) mass is 317 g/mol. The lowest BCUT2D eigenvalue weighted by Gasteiger charge is -2.43. The second-order valence-electron chi connectivity index (χ2n) is 6.44. The van der Waals surface area contributed by atoms with Crippen molar-refractivity contribution in [1.82, 2.24) is 4.90 Å². The molecule has 122 valence electrons. The summed E-state index contributed by atoms with van der Waals surface area (Å²) in [5.41, 5.74) is 0. The lowest BCUT2D eigenvalue weighted by Crippen LogP contribution is -2.50. The van der Waals surface area contributed by atoms with Crippen LogP contribution in [0.15, 0.2) is 0 Å². The Kier molecular flexibility index (Phi) is 5.66. The van der Waals surface area contributed by atoms with Gasteiger partial charge in [-0.15, -0.1) is 0 Å². The highest BCUT2D eigenvalue weighted by molar-refractivity contribution is 7.91. The van der Waals surface area contributed by atoms with Gasteiger partial charge in [-0.05, 0) is 38.6 Å². The van der Waals surface area contributed by atoms with Crippen LogP contribution in [0.25, 0.3) is 0 Å². The molecule has 2 fully saturated rings. The van der Waals surface area contributed by atoms with Crippen LogP contribution < -0.4 is 0 Å². The third-order valence-electron chi connectivity index (χ3n) is 4.98. The molecule has 1 heterocycles. The lowest BCUT2D eigenvalue weighted by atomic mass is 9.89. The van der Waals surface area contributed by atoms with Gasteiger partial charge in [-0.2, -0.15) is 0 Å². The van der Waals surface area contributed by atoms with E-state index in [1.165, 1.54) is 13.4 Å². The van der Waals surface area contributed by atoms with E-state index < -0.39 is 9.84 Å². The summed E-state index contributed by atoms with van der Waals surface area (Å²) in [6.07, 6.45) is 8.57. The Balaban J connectivity index is 2.04. The lowest BCUT2D eigenvalue weighted by molar-refractivity contribution is -0.142. The van der Waals surface area contributed by atoms with E-state index in [2.05, 4.69) is 4.90 Å². The minimum atomic E-state index is -2.96. The molecule has 2 rings (SSSR count). The van der Waals surface area contributed by atoms with Gasteiger partial charge in [0.05, 0.1) is 18.8 Å². The molecule has 0 bridgehead atoms. The van der Waals surface area contributed by atoms with Crippen LogP contribution in [0.2, 0.25) is 0 Å². The molecule has 3 atom stereocenters. The van der Waals surface area contributed by atoms with Crippen LogP contribution in [-0.4, -0.2) is 56.5 Å². The van der Waals surface area contributed by atoms with Gasteiger partial charge in [0.2, 0.25) is 0 Å². The molecule has 2 aliphatic rings. The third-order valence-corrected chi connectivity index (χ3v) is 6.61. The number of methoxy groups -OCH3 is 1. The number of hydrogen-bond acceptors (Lipinski definition) is 5. The topological polar surface area (TPSA) is 63.7 Å². The molecule has 0 radical (unpaired) electrons. The highest BCUT2D eigenvalue weighted by Crippen LogP contribution is 2.32. The zero-order chi connectivity index (χ0) is 15.5. The van der Waals surface area contributed by atoms with E-state index in [1.54, 1.807) is 0 Å². The second-order valence-corrected chi connectivity index (χ2v) is 8.77. The van der Waals surface area contributed by atoms with Crippen molar-refractivity contribution in [3.8, 4) is 0 Å². The van der Waals surface area contributed by atoms with Crippen molar-refractivity contribution < 1.29 is 17.9 Å². The van der Waals surface area contributed by atoms with Crippen molar-refractivity contribution in [2.24, 2.45) is 0 Å². The number of hydrogen-bond donors (Lipinski definition) is 0. The molecule has 6 heteroatoms. The maximum atomic E-state index is 11.8. The van der Waals surface area contributed by atoms with E-state index in [0.717, 1.165) is 51.5 Å².